The van der Waals surface area contributed by atoms with Crippen LogP contribution in [0.15, 0.2) is 78.9 Å². The molecule has 27 heavy (non-hydrogen) atoms. The second-order valence-corrected chi connectivity index (χ2v) is 7.74. The van der Waals surface area contributed by atoms with Gasteiger partial charge in [-0.25, -0.2) is 4.98 Å². The number of halogens is 1. The highest BCUT2D eigenvalue weighted by Gasteiger charge is 2.12. The van der Waals surface area contributed by atoms with E-state index >= 15 is 0 Å². The van der Waals surface area contributed by atoms with Crippen molar-refractivity contribution >= 4 is 62.6 Å². The average Bonchev–Trinajstić information content (AvgIpc) is 3.01. The van der Waals surface area contributed by atoms with Crippen molar-refractivity contribution in [2.24, 2.45) is 0 Å². The quantitative estimate of drug-likeness (QED) is 0.297. The second kappa shape index (κ2) is 8.06. The Morgan fingerprint density at radius 3 is 2.37 bits per heavy atom. The second-order valence-electron chi connectivity index (χ2n) is 6.08. The Hall–Kier alpha value is -2.45. The fourth-order valence-electron chi connectivity index (χ4n) is 2.89. The topological polar surface area (TPSA) is 41.9 Å². The van der Waals surface area contributed by atoms with Crippen molar-refractivity contribution in [1.82, 2.24) is 9.55 Å². The molecule has 4 rings (SSSR count). The van der Waals surface area contributed by atoms with E-state index in [4.69, 9.17) is 17.2 Å². The number of nitrogens with zero attached hydrogens (tertiary/aromatic N) is 2. The molecular formula is C21H17IN4S. The van der Waals surface area contributed by atoms with Crippen LogP contribution in [0, 0.1) is 3.57 Å². The SMILES string of the molecule is S=C(Nc1ccc(I)cc1)Nc1nc2ccccc2n1Cc1ccccc1. The van der Waals surface area contributed by atoms with Crippen LogP contribution < -0.4 is 10.6 Å². The minimum Gasteiger partial charge on any atom is -0.332 e. The Labute approximate surface area is 176 Å². The van der Waals surface area contributed by atoms with Gasteiger partial charge in [-0.15, -0.1) is 0 Å². The smallest absolute Gasteiger partial charge is 0.210 e. The van der Waals surface area contributed by atoms with Gasteiger partial charge in [-0.3, -0.25) is 0 Å². The molecule has 1 heterocycles. The van der Waals surface area contributed by atoms with E-state index in [2.05, 4.69) is 56.0 Å². The largest absolute Gasteiger partial charge is 0.332 e. The van der Waals surface area contributed by atoms with Crippen molar-refractivity contribution in [2.75, 3.05) is 10.6 Å². The van der Waals surface area contributed by atoms with Crippen LogP contribution in [0.5, 0.6) is 0 Å². The molecule has 0 amide bonds. The molecule has 0 unspecified atom stereocenters. The van der Waals surface area contributed by atoms with Gasteiger partial charge in [0, 0.05) is 9.26 Å². The first-order valence-corrected chi connectivity index (χ1v) is 10.0. The third kappa shape index (κ3) is 4.28. The molecule has 0 bridgehead atoms. The lowest BCUT2D eigenvalue weighted by Gasteiger charge is -2.13. The third-order valence-corrected chi connectivity index (χ3v) is 5.09. The Balaban J connectivity index is 1.61. The van der Waals surface area contributed by atoms with Crippen molar-refractivity contribution in [3.8, 4) is 0 Å². The molecule has 6 heteroatoms. The first-order chi connectivity index (χ1) is 13.2. The van der Waals surface area contributed by atoms with E-state index in [0.29, 0.717) is 5.11 Å². The van der Waals surface area contributed by atoms with Crippen molar-refractivity contribution < 1.29 is 0 Å². The zero-order valence-electron chi connectivity index (χ0n) is 14.4. The van der Waals surface area contributed by atoms with E-state index in [1.807, 2.05) is 60.7 Å². The summed E-state index contributed by atoms with van der Waals surface area (Å²) in [6, 6.07) is 26.5. The molecule has 134 valence electrons. The summed E-state index contributed by atoms with van der Waals surface area (Å²) in [5, 5.41) is 6.98. The molecule has 2 N–H and O–H groups in total. The number of benzene rings is 3. The van der Waals surface area contributed by atoms with Crippen LogP contribution in [0.1, 0.15) is 5.56 Å². The van der Waals surface area contributed by atoms with E-state index in [9.17, 15) is 0 Å². The van der Waals surface area contributed by atoms with E-state index in [-0.39, 0.29) is 0 Å². The molecule has 0 fully saturated rings. The molecule has 1 aromatic heterocycles. The number of rotatable bonds is 4. The molecule has 0 spiro atoms. The summed E-state index contributed by atoms with van der Waals surface area (Å²) >= 11 is 7.78. The Morgan fingerprint density at radius 1 is 0.889 bits per heavy atom. The molecule has 3 aromatic carbocycles. The van der Waals surface area contributed by atoms with Gasteiger partial charge in [-0.1, -0.05) is 42.5 Å². The predicted molar refractivity (Wildman–Crippen MR) is 124 cm³/mol. The van der Waals surface area contributed by atoms with Gasteiger partial charge in [-0.2, -0.15) is 0 Å². The van der Waals surface area contributed by atoms with Crippen molar-refractivity contribution in [2.45, 2.75) is 6.54 Å². The number of fused-ring (bicyclic) bond motifs is 1. The molecule has 4 nitrogen and oxygen atoms in total. The van der Waals surface area contributed by atoms with E-state index in [1.165, 1.54) is 9.13 Å². The fourth-order valence-corrected chi connectivity index (χ4v) is 3.46. The number of hydrogen-bond donors (Lipinski definition) is 2. The van der Waals surface area contributed by atoms with E-state index < -0.39 is 0 Å². The minimum atomic E-state index is 0.515. The maximum Gasteiger partial charge on any atom is 0.210 e. The highest BCUT2D eigenvalue weighted by molar-refractivity contribution is 14.1. The van der Waals surface area contributed by atoms with Gasteiger partial charge in [-0.05, 0) is 76.8 Å². The molecule has 0 saturated carbocycles. The first-order valence-electron chi connectivity index (χ1n) is 8.52. The summed E-state index contributed by atoms with van der Waals surface area (Å²) in [4.78, 5) is 4.73. The van der Waals surface area contributed by atoms with Crippen LogP contribution in [0.3, 0.4) is 0 Å². The summed E-state index contributed by atoms with van der Waals surface area (Å²) in [5.41, 5.74) is 4.16. The Bertz CT molecular complexity index is 1070. The van der Waals surface area contributed by atoms with Crippen LogP contribution in [-0.2, 0) is 6.54 Å². The first kappa shape index (κ1) is 17.9. The van der Waals surface area contributed by atoms with Crippen LogP contribution >= 0.6 is 34.8 Å². The minimum absolute atomic E-state index is 0.515. The van der Waals surface area contributed by atoms with Gasteiger partial charge in [0.2, 0.25) is 5.95 Å². The molecule has 0 atom stereocenters. The van der Waals surface area contributed by atoms with Crippen molar-refractivity contribution in [3.05, 3.63) is 88.0 Å². The maximum atomic E-state index is 5.50. The Morgan fingerprint density at radius 2 is 1.59 bits per heavy atom. The zero-order valence-corrected chi connectivity index (χ0v) is 17.4. The number of para-hydroxylation sites is 2. The van der Waals surface area contributed by atoms with E-state index in [1.54, 1.807) is 0 Å². The van der Waals surface area contributed by atoms with Gasteiger partial charge in [0.1, 0.15) is 0 Å². The predicted octanol–water partition coefficient (Wildman–Crippen LogP) is 5.50. The number of anilines is 2. The van der Waals surface area contributed by atoms with E-state index in [0.717, 1.165) is 29.2 Å². The summed E-state index contributed by atoms with van der Waals surface area (Å²) in [6.07, 6.45) is 0. The van der Waals surface area contributed by atoms with Gasteiger partial charge in [0.25, 0.3) is 0 Å². The lowest BCUT2D eigenvalue weighted by molar-refractivity contribution is 0.837. The lowest BCUT2D eigenvalue weighted by atomic mass is 10.2. The van der Waals surface area contributed by atoms with Gasteiger partial charge in [0.15, 0.2) is 5.11 Å². The van der Waals surface area contributed by atoms with Crippen molar-refractivity contribution in [1.29, 1.82) is 0 Å². The van der Waals surface area contributed by atoms with Gasteiger partial charge >= 0.3 is 0 Å². The molecule has 0 aliphatic carbocycles. The normalized spacial score (nSPS) is 10.7. The number of thiocarbonyl (C=S) groups is 1. The summed E-state index contributed by atoms with van der Waals surface area (Å²) in [7, 11) is 0. The number of nitrogens with one attached hydrogen (secondary N) is 2. The third-order valence-electron chi connectivity index (χ3n) is 4.17. The molecular weight excluding hydrogens is 467 g/mol. The van der Waals surface area contributed by atoms with Gasteiger partial charge < -0.3 is 15.2 Å². The molecule has 0 aliphatic heterocycles. The van der Waals surface area contributed by atoms with Crippen molar-refractivity contribution in [3.63, 3.8) is 0 Å². The van der Waals surface area contributed by atoms with Gasteiger partial charge in [0.05, 0.1) is 17.6 Å². The fraction of sp³-hybridized carbons (Fsp3) is 0.0476. The maximum absolute atomic E-state index is 5.50. The highest BCUT2D eigenvalue weighted by atomic mass is 127. The number of imidazole rings is 1. The number of hydrogen-bond acceptors (Lipinski definition) is 2. The van der Waals surface area contributed by atoms with Crippen LogP contribution in [0.4, 0.5) is 11.6 Å². The zero-order chi connectivity index (χ0) is 18.6. The average molecular weight is 484 g/mol. The summed E-state index contributed by atoms with van der Waals surface area (Å²) < 4.78 is 3.33. The van der Waals surface area contributed by atoms with Crippen LogP contribution in [0.25, 0.3) is 11.0 Å². The van der Waals surface area contributed by atoms with Crippen LogP contribution in [-0.4, -0.2) is 14.7 Å². The number of aromatic nitrogens is 2. The molecule has 0 radical (unpaired) electrons. The lowest BCUT2D eigenvalue weighted by Crippen LogP contribution is -2.21. The van der Waals surface area contributed by atoms with Crippen LogP contribution in [0.2, 0.25) is 0 Å². The monoisotopic (exact) mass is 484 g/mol. The standard InChI is InChI=1S/C21H17IN4S/c22-16-10-12-17(13-11-16)23-21(27)25-20-24-18-8-4-5-9-19(18)26(20)14-15-6-2-1-3-7-15/h1-13H,14H2,(H2,23,24,25,27). The molecule has 4 aromatic rings. The molecule has 0 aliphatic rings. The summed E-state index contributed by atoms with van der Waals surface area (Å²) in [6.45, 7) is 0.718. The highest BCUT2D eigenvalue weighted by Crippen LogP contribution is 2.21. The summed E-state index contributed by atoms with van der Waals surface area (Å²) in [5.74, 6) is 0.725. The molecule has 0 saturated heterocycles. The Kier molecular flexibility index (Phi) is 5.35.